The van der Waals surface area contributed by atoms with Crippen molar-refractivity contribution in [3.63, 3.8) is 0 Å². The fourth-order valence-electron chi connectivity index (χ4n) is 2.27. The Kier molecular flexibility index (Phi) is 7.47. The number of methoxy groups -OCH3 is 1. The fraction of sp³-hybridized carbons (Fsp3) is 0.333. The molecule has 8 heteroatoms. The Morgan fingerprint density at radius 1 is 1.15 bits per heavy atom. The van der Waals surface area contributed by atoms with E-state index >= 15 is 0 Å². The largest absolute Gasteiger partial charge is 0.490 e. The van der Waals surface area contributed by atoms with Gasteiger partial charge in [0.25, 0.3) is 0 Å². The number of halogens is 1. The van der Waals surface area contributed by atoms with Crippen molar-refractivity contribution in [3.8, 4) is 11.5 Å². The first-order valence-electron chi connectivity index (χ1n) is 8.03. The van der Waals surface area contributed by atoms with E-state index in [2.05, 4.69) is 21.2 Å². The van der Waals surface area contributed by atoms with E-state index in [1.807, 2.05) is 13.8 Å². The molecule has 1 aromatic carbocycles. The lowest BCUT2D eigenvalue weighted by molar-refractivity contribution is -0.115. The van der Waals surface area contributed by atoms with E-state index in [0.29, 0.717) is 35.3 Å². The normalized spacial score (nSPS) is 10.3. The van der Waals surface area contributed by atoms with E-state index in [9.17, 15) is 9.59 Å². The molecule has 1 aromatic heterocycles. The van der Waals surface area contributed by atoms with Gasteiger partial charge in [0, 0.05) is 4.47 Å². The highest BCUT2D eigenvalue weighted by Gasteiger charge is 2.17. The van der Waals surface area contributed by atoms with E-state index in [-0.39, 0.29) is 12.3 Å². The van der Waals surface area contributed by atoms with Crippen LogP contribution in [0.2, 0.25) is 0 Å². The van der Waals surface area contributed by atoms with Gasteiger partial charge in [-0.3, -0.25) is 4.79 Å². The molecule has 0 aliphatic heterocycles. The minimum atomic E-state index is -0.484. The first-order valence-corrected chi connectivity index (χ1v) is 9.71. The summed E-state index contributed by atoms with van der Waals surface area (Å²) in [6.45, 7) is 4.78. The Balaban J connectivity index is 2.17. The van der Waals surface area contributed by atoms with Gasteiger partial charge in [0.2, 0.25) is 5.91 Å². The molecule has 2 rings (SSSR count). The van der Waals surface area contributed by atoms with Gasteiger partial charge in [0.15, 0.2) is 11.5 Å². The number of rotatable bonds is 8. The summed E-state index contributed by atoms with van der Waals surface area (Å²) < 4.78 is 16.6. The van der Waals surface area contributed by atoms with Crippen LogP contribution in [0, 0.1) is 0 Å². The molecule has 0 fully saturated rings. The van der Waals surface area contributed by atoms with Gasteiger partial charge in [-0.05, 0) is 43.0 Å². The highest BCUT2D eigenvalue weighted by molar-refractivity contribution is 9.10. The monoisotopic (exact) mass is 441 g/mol. The van der Waals surface area contributed by atoms with Crippen LogP contribution in [-0.4, -0.2) is 32.2 Å². The highest BCUT2D eigenvalue weighted by atomic mass is 79.9. The molecular weight excluding hydrogens is 422 g/mol. The maximum atomic E-state index is 12.4. The zero-order chi connectivity index (χ0) is 19.1. The van der Waals surface area contributed by atoms with Crippen molar-refractivity contribution in [2.24, 2.45) is 0 Å². The maximum absolute atomic E-state index is 12.4. The summed E-state index contributed by atoms with van der Waals surface area (Å²) in [5.41, 5.74) is 1.09. The first kappa shape index (κ1) is 20.3. The summed E-state index contributed by atoms with van der Waals surface area (Å²) in [5.74, 6) is 0.482. The Hall–Kier alpha value is -2.06. The van der Waals surface area contributed by atoms with E-state index in [1.54, 1.807) is 23.6 Å². The minimum absolute atomic E-state index is 0.117. The molecule has 0 saturated carbocycles. The number of anilines is 1. The van der Waals surface area contributed by atoms with Gasteiger partial charge in [0.1, 0.15) is 5.00 Å². The Labute approximate surface area is 164 Å². The lowest BCUT2D eigenvalue weighted by Crippen LogP contribution is -2.16. The van der Waals surface area contributed by atoms with Crippen molar-refractivity contribution in [1.29, 1.82) is 0 Å². The molecule has 0 radical (unpaired) electrons. The highest BCUT2D eigenvalue weighted by Crippen LogP contribution is 2.34. The molecule has 0 bridgehead atoms. The van der Waals surface area contributed by atoms with Crippen molar-refractivity contribution in [3.05, 3.63) is 39.2 Å². The number of benzene rings is 1. The number of carbonyl (C=O) groups is 2. The van der Waals surface area contributed by atoms with E-state index < -0.39 is 5.97 Å². The zero-order valence-electron chi connectivity index (χ0n) is 14.8. The average Bonchev–Trinajstić information content (AvgIpc) is 3.06. The van der Waals surface area contributed by atoms with Crippen LogP contribution in [-0.2, 0) is 16.0 Å². The van der Waals surface area contributed by atoms with Gasteiger partial charge in [-0.15, -0.1) is 11.3 Å². The number of nitrogens with one attached hydrogen (secondary N) is 1. The van der Waals surface area contributed by atoms with Gasteiger partial charge < -0.3 is 19.5 Å². The molecule has 2 aromatic rings. The lowest BCUT2D eigenvalue weighted by atomic mass is 10.1. The Morgan fingerprint density at radius 2 is 1.81 bits per heavy atom. The standard InChI is InChI=1S/C18H20BrNO5S/c1-4-24-14-8-11(13(19)10-15(14)25-5-2)9-16(21)20-17-12(6-7-26-17)18(22)23-3/h6-8,10H,4-5,9H2,1-3H3,(H,20,21). The Morgan fingerprint density at radius 3 is 2.42 bits per heavy atom. The molecule has 1 N–H and O–H groups in total. The number of thiophene rings is 1. The second kappa shape index (κ2) is 9.59. The van der Waals surface area contributed by atoms with Gasteiger partial charge in [-0.25, -0.2) is 4.79 Å². The zero-order valence-corrected chi connectivity index (χ0v) is 17.2. The van der Waals surface area contributed by atoms with Crippen LogP contribution in [0.25, 0.3) is 0 Å². The number of ether oxygens (including phenoxy) is 3. The number of esters is 1. The molecule has 0 aliphatic rings. The van der Waals surface area contributed by atoms with Crippen molar-refractivity contribution in [2.75, 3.05) is 25.6 Å². The summed E-state index contributed by atoms with van der Waals surface area (Å²) >= 11 is 4.74. The van der Waals surface area contributed by atoms with Crippen molar-refractivity contribution in [1.82, 2.24) is 0 Å². The van der Waals surface area contributed by atoms with E-state index in [0.717, 1.165) is 10.0 Å². The van der Waals surface area contributed by atoms with Crippen LogP contribution in [0.4, 0.5) is 5.00 Å². The molecule has 1 amide bonds. The third-order valence-corrected chi connectivity index (χ3v) is 4.95. The molecule has 0 atom stereocenters. The van der Waals surface area contributed by atoms with Crippen LogP contribution in [0.5, 0.6) is 11.5 Å². The Bertz CT molecular complexity index is 790. The molecular formula is C18H20BrNO5S. The quantitative estimate of drug-likeness (QED) is 0.618. The van der Waals surface area contributed by atoms with Crippen molar-refractivity contribution >= 4 is 44.1 Å². The van der Waals surface area contributed by atoms with Crippen LogP contribution in [0.1, 0.15) is 29.8 Å². The fourth-order valence-corrected chi connectivity index (χ4v) is 3.52. The number of carbonyl (C=O) groups excluding carboxylic acids is 2. The maximum Gasteiger partial charge on any atom is 0.340 e. The molecule has 1 heterocycles. The summed E-state index contributed by atoms with van der Waals surface area (Å²) in [6, 6.07) is 5.20. The molecule has 0 unspecified atom stereocenters. The number of hydrogen-bond acceptors (Lipinski definition) is 6. The molecule has 0 spiro atoms. The van der Waals surface area contributed by atoms with Gasteiger partial charge in [-0.2, -0.15) is 0 Å². The number of hydrogen-bond donors (Lipinski definition) is 1. The average molecular weight is 442 g/mol. The topological polar surface area (TPSA) is 73.9 Å². The molecule has 140 valence electrons. The second-order valence-corrected chi connectivity index (χ2v) is 6.91. The van der Waals surface area contributed by atoms with Gasteiger partial charge in [0.05, 0.1) is 32.3 Å². The predicted octanol–water partition coefficient (Wildman–Crippen LogP) is 4.28. The van der Waals surface area contributed by atoms with E-state index in [1.165, 1.54) is 18.4 Å². The summed E-state index contributed by atoms with van der Waals surface area (Å²) in [5, 5.41) is 4.95. The van der Waals surface area contributed by atoms with Crippen LogP contribution in [0.15, 0.2) is 28.1 Å². The van der Waals surface area contributed by atoms with Crippen molar-refractivity contribution < 1.29 is 23.8 Å². The third kappa shape index (κ3) is 4.98. The SMILES string of the molecule is CCOc1cc(Br)c(CC(=O)Nc2sccc2C(=O)OC)cc1OCC. The van der Waals surface area contributed by atoms with Crippen LogP contribution >= 0.6 is 27.3 Å². The molecule has 26 heavy (non-hydrogen) atoms. The summed E-state index contributed by atoms with van der Waals surface area (Å²) in [4.78, 5) is 24.1. The molecule has 0 saturated heterocycles. The smallest absolute Gasteiger partial charge is 0.340 e. The summed E-state index contributed by atoms with van der Waals surface area (Å²) in [7, 11) is 1.30. The number of amides is 1. The van der Waals surface area contributed by atoms with E-state index in [4.69, 9.17) is 14.2 Å². The van der Waals surface area contributed by atoms with Gasteiger partial charge in [-0.1, -0.05) is 15.9 Å². The third-order valence-electron chi connectivity index (χ3n) is 3.39. The predicted molar refractivity (Wildman–Crippen MR) is 104 cm³/mol. The van der Waals surface area contributed by atoms with Crippen LogP contribution < -0.4 is 14.8 Å². The molecule has 6 nitrogen and oxygen atoms in total. The second-order valence-electron chi connectivity index (χ2n) is 5.14. The molecule has 0 aliphatic carbocycles. The minimum Gasteiger partial charge on any atom is -0.490 e. The van der Waals surface area contributed by atoms with Crippen molar-refractivity contribution in [2.45, 2.75) is 20.3 Å². The van der Waals surface area contributed by atoms with Crippen LogP contribution in [0.3, 0.4) is 0 Å². The summed E-state index contributed by atoms with van der Waals surface area (Å²) in [6.07, 6.45) is 0.117. The first-order chi connectivity index (χ1) is 12.5. The lowest BCUT2D eigenvalue weighted by Gasteiger charge is -2.14. The van der Waals surface area contributed by atoms with Gasteiger partial charge >= 0.3 is 5.97 Å².